The van der Waals surface area contributed by atoms with Crippen molar-refractivity contribution in [2.24, 2.45) is 0 Å². The molecule has 1 atom stereocenters. The fourth-order valence-electron chi connectivity index (χ4n) is 3.57. The molecule has 0 fully saturated rings. The fourth-order valence-corrected chi connectivity index (χ4v) is 10.7. The van der Waals surface area contributed by atoms with Gasteiger partial charge in [-0.05, 0) is 17.8 Å². The predicted molar refractivity (Wildman–Crippen MR) is 121 cm³/mol. The van der Waals surface area contributed by atoms with Gasteiger partial charge in [0.05, 0.1) is 0 Å². The minimum atomic E-state index is -2.55. The van der Waals surface area contributed by atoms with Gasteiger partial charge in [0.2, 0.25) is 8.32 Å². The molecule has 0 aliphatic heterocycles. The quantitative estimate of drug-likeness (QED) is 0.237. The van der Waals surface area contributed by atoms with Crippen LogP contribution in [0.25, 0.3) is 0 Å². The van der Waals surface area contributed by atoms with E-state index in [9.17, 15) is 0 Å². The van der Waals surface area contributed by atoms with Gasteiger partial charge in [-0.2, -0.15) is 0 Å². The maximum Gasteiger partial charge on any atom is 0.486 e. The van der Waals surface area contributed by atoms with Crippen LogP contribution in [0, 0.1) is 0 Å². The molecule has 0 saturated carbocycles. The second-order valence-corrected chi connectivity index (χ2v) is 14.8. The van der Waals surface area contributed by atoms with Gasteiger partial charge in [0.25, 0.3) is 0 Å². The van der Waals surface area contributed by atoms with Crippen LogP contribution in [-0.2, 0) is 13.0 Å². The van der Waals surface area contributed by atoms with Crippen LogP contribution in [0.1, 0.15) is 71.1 Å². The summed E-state index contributed by atoms with van der Waals surface area (Å²) in [6, 6.07) is 11.8. The van der Waals surface area contributed by atoms with Crippen LogP contribution in [0.3, 0.4) is 0 Å². The Kier molecular flexibility index (Phi) is 12.4. The molecule has 0 heterocycles. The molecule has 0 bridgehead atoms. The van der Waals surface area contributed by atoms with E-state index in [1.165, 1.54) is 69.4 Å². The van der Waals surface area contributed by atoms with Crippen LogP contribution in [-0.4, -0.2) is 31.3 Å². The first-order chi connectivity index (χ1) is 13.0. The smallest absolute Gasteiger partial charge is 0.411 e. The molecule has 0 aromatic heterocycles. The van der Waals surface area contributed by atoms with E-state index in [-0.39, 0.29) is 0 Å². The van der Waals surface area contributed by atoms with Crippen molar-refractivity contribution in [3.63, 3.8) is 0 Å². The summed E-state index contributed by atoms with van der Waals surface area (Å²) in [5, 5.41) is 1.34. The highest BCUT2D eigenvalue weighted by Gasteiger charge is 2.43. The second-order valence-electron chi connectivity index (χ2n) is 7.90. The highest BCUT2D eigenvalue weighted by molar-refractivity contribution is 6.90. The maximum atomic E-state index is 6.63. The largest absolute Gasteiger partial charge is 0.486 e. The topological polar surface area (TPSA) is 27.7 Å². The Morgan fingerprint density at radius 3 is 1.67 bits per heavy atom. The van der Waals surface area contributed by atoms with E-state index in [0.717, 1.165) is 6.04 Å². The zero-order valence-corrected chi connectivity index (χ0v) is 20.4. The lowest BCUT2D eigenvalue weighted by Gasteiger charge is -2.35. The first-order valence-corrected chi connectivity index (χ1v) is 15.7. The molecular formula is C22H42O3Si2. The van der Waals surface area contributed by atoms with E-state index >= 15 is 0 Å². The summed E-state index contributed by atoms with van der Waals surface area (Å²) in [5.74, 6) is 0. The van der Waals surface area contributed by atoms with Crippen molar-refractivity contribution < 1.29 is 13.0 Å². The summed E-state index contributed by atoms with van der Waals surface area (Å²) in [6.07, 6.45) is 13.6. The molecule has 1 aromatic rings. The van der Waals surface area contributed by atoms with Gasteiger partial charge in [0, 0.05) is 20.8 Å². The molecule has 5 heteroatoms. The van der Waals surface area contributed by atoms with Gasteiger partial charge in [0.1, 0.15) is 0 Å². The molecule has 1 unspecified atom stereocenters. The Balaban J connectivity index is 2.45. The molecule has 0 aliphatic rings. The Labute approximate surface area is 170 Å². The van der Waals surface area contributed by atoms with Crippen molar-refractivity contribution in [3.8, 4) is 0 Å². The van der Waals surface area contributed by atoms with Crippen molar-refractivity contribution in [1.82, 2.24) is 0 Å². The number of unbranched alkanes of at least 4 members (excludes halogenated alkanes) is 9. The lowest BCUT2D eigenvalue weighted by molar-refractivity contribution is 0.166. The Morgan fingerprint density at radius 2 is 1.19 bits per heavy atom. The van der Waals surface area contributed by atoms with Gasteiger partial charge in [-0.1, -0.05) is 101 Å². The van der Waals surface area contributed by atoms with Crippen LogP contribution < -0.4 is 5.19 Å². The molecule has 0 saturated heterocycles. The summed E-state index contributed by atoms with van der Waals surface area (Å²) < 4.78 is 17.9. The molecule has 1 aromatic carbocycles. The summed E-state index contributed by atoms with van der Waals surface area (Å²) in [6.45, 7) is 6.60. The van der Waals surface area contributed by atoms with Gasteiger partial charge >= 0.3 is 8.80 Å². The van der Waals surface area contributed by atoms with Crippen molar-refractivity contribution in [2.75, 3.05) is 14.2 Å². The third-order valence-electron chi connectivity index (χ3n) is 5.54. The lowest BCUT2D eigenvalue weighted by atomic mass is 10.1. The minimum absolute atomic E-state index is 1.13. The predicted octanol–water partition coefficient (Wildman–Crippen LogP) is 6.27. The number of hydrogen-bond donors (Lipinski definition) is 0. The van der Waals surface area contributed by atoms with Crippen molar-refractivity contribution >= 4 is 22.3 Å². The lowest BCUT2D eigenvalue weighted by Crippen LogP contribution is -2.57. The van der Waals surface area contributed by atoms with Crippen LogP contribution in [0.4, 0.5) is 0 Å². The first kappa shape index (κ1) is 24.6. The van der Waals surface area contributed by atoms with E-state index in [0.29, 0.717) is 0 Å². The van der Waals surface area contributed by atoms with E-state index in [1.54, 1.807) is 14.2 Å². The van der Waals surface area contributed by atoms with Crippen molar-refractivity contribution in [3.05, 3.63) is 30.3 Å². The molecule has 0 amide bonds. The molecule has 0 N–H and O–H groups in total. The van der Waals surface area contributed by atoms with Crippen LogP contribution in [0.5, 0.6) is 0 Å². The average molecular weight is 411 g/mol. The third kappa shape index (κ3) is 9.52. The van der Waals surface area contributed by atoms with Crippen LogP contribution in [0.2, 0.25) is 19.1 Å². The Hall–Kier alpha value is -0.466. The van der Waals surface area contributed by atoms with Gasteiger partial charge in [-0.3, -0.25) is 0 Å². The summed E-state index contributed by atoms with van der Waals surface area (Å²) >= 11 is 0. The SMILES string of the molecule is CCCCCCCCCCCC[Si](C)(O[Si](C)(OC)OC)c1ccccc1. The molecule has 1 rings (SSSR count). The normalized spacial score (nSPS) is 14.3. The van der Waals surface area contributed by atoms with Gasteiger partial charge in [0.15, 0.2) is 0 Å². The second kappa shape index (κ2) is 13.7. The number of hydrogen-bond acceptors (Lipinski definition) is 3. The molecule has 0 aliphatic carbocycles. The molecule has 27 heavy (non-hydrogen) atoms. The highest BCUT2D eigenvalue weighted by atomic mass is 28.5. The standard InChI is InChI=1S/C22H42O3Si2/c1-6-7-8-9-10-11-12-13-14-18-21-26(4,22-19-16-15-17-20-22)25-27(5,23-2)24-3/h15-17,19-20H,6-14,18,21H2,1-5H3. The Morgan fingerprint density at radius 1 is 0.704 bits per heavy atom. The van der Waals surface area contributed by atoms with Crippen LogP contribution >= 0.6 is 0 Å². The summed E-state index contributed by atoms with van der Waals surface area (Å²) in [4.78, 5) is 0. The molecular weight excluding hydrogens is 368 g/mol. The first-order valence-electron chi connectivity index (χ1n) is 10.9. The number of benzene rings is 1. The monoisotopic (exact) mass is 410 g/mol. The molecule has 0 radical (unpaired) electrons. The van der Waals surface area contributed by atoms with Crippen LogP contribution in [0.15, 0.2) is 30.3 Å². The minimum Gasteiger partial charge on any atom is -0.411 e. The van der Waals surface area contributed by atoms with Crippen molar-refractivity contribution in [2.45, 2.75) is 90.3 Å². The molecule has 156 valence electrons. The van der Waals surface area contributed by atoms with Gasteiger partial charge in [-0.15, -0.1) is 0 Å². The number of rotatable bonds is 16. The van der Waals surface area contributed by atoms with E-state index < -0.39 is 17.1 Å². The summed E-state index contributed by atoms with van der Waals surface area (Å²) in [5.41, 5.74) is 0. The molecule has 0 spiro atoms. The van der Waals surface area contributed by atoms with Gasteiger partial charge < -0.3 is 13.0 Å². The molecule has 3 nitrogen and oxygen atoms in total. The fraction of sp³-hybridized carbons (Fsp3) is 0.727. The zero-order valence-electron chi connectivity index (χ0n) is 18.4. The van der Waals surface area contributed by atoms with Gasteiger partial charge in [-0.25, -0.2) is 0 Å². The van der Waals surface area contributed by atoms with Crippen molar-refractivity contribution in [1.29, 1.82) is 0 Å². The zero-order chi connectivity index (χ0) is 20.0. The Bertz CT molecular complexity index is 480. The van der Waals surface area contributed by atoms with E-state index in [4.69, 9.17) is 13.0 Å². The summed E-state index contributed by atoms with van der Waals surface area (Å²) in [7, 11) is -1.22. The highest BCUT2D eigenvalue weighted by Crippen LogP contribution is 2.23. The maximum absolute atomic E-state index is 6.63. The van der Waals surface area contributed by atoms with E-state index in [2.05, 4.69) is 43.8 Å². The average Bonchev–Trinajstić information content (AvgIpc) is 2.70. The van der Waals surface area contributed by atoms with E-state index in [1.807, 2.05) is 6.55 Å². The third-order valence-corrected chi connectivity index (χ3v) is 13.2.